The van der Waals surface area contributed by atoms with E-state index < -0.39 is 47.5 Å². The highest BCUT2D eigenvalue weighted by Crippen LogP contribution is 2.43. The number of rotatable bonds is 16. The molecule has 1 aliphatic heterocycles. The van der Waals surface area contributed by atoms with E-state index in [0.717, 1.165) is 17.5 Å². The number of hydrogen-bond donors (Lipinski definition) is 4. The van der Waals surface area contributed by atoms with Gasteiger partial charge in [0.15, 0.2) is 5.78 Å². The van der Waals surface area contributed by atoms with Gasteiger partial charge < -0.3 is 26.4 Å². The van der Waals surface area contributed by atoms with E-state index in [4.69, 9.17) is 10.5 Å². The maximum Gasteiger partial charge on any atom is 0.243 e. The average Bonchev–Trinajstić information content (AvgIpc) is 3.92. The van der Waals surface area contributed by atoms with Gasteiger partial charge in [-0.05, 0) is 61.5 Å². The Morgan fingerprint density at radius 1 is 0.884 bits per heavy atom. The minimum Gasteiger partial charge on any atom is -0.361 e. The maximum atomic E-state index is 13.8. The first-order chi connectivity index (χ1) is 20.5. The standard InChI is InChI=1S/C34H46N4O5/c1-21(2)17-27(36-31(40)26(35)16-15-23-11-7-5-8-12-23)32(41)37-28(19-24-13-9-6-10-14-24)33(42)38-29(25-18-22(25)3)30(39)34(4)20-43-34/h5-14,21-22,25-29H,15-20,35H2,1-4H3,(H,36,40)(H,37,41)(H,38,42). The van der Waals surface area contributed by atoms with Crippen LogP contribution >= 0.6 is 0 Å². The predicted octanol–water partition coefficient (Wildman–Crippen LogP) is 2.70. The average molecular weight is 591 g/mol. The van der Waals surface area contributed by atoms with Crippen molar-refractivity contribution in [1.29, 1.82) is 0 Å². The molecule has 43 heavy (non-hydrogen) atoms. The third-order valence-electron chi connectivity index (χ3n) is 8.46. The highest BCUT2D eigenvalue weighted by molar-refractivity contribution is 5.99. The van der Waals surface area contributed by atoms with Crippen LogP contribution in [0.15, 0.2) is 60.7 Å². The lowest BCUT2D eigenvalue weighted by molar-refractivity contribution is -0.134. The van der Waals surface area contributed by atoms with Crippen molar-refractivity contribution in [2.24, 2.45) is 23.5 Å². The molecule has 5 N–H and O–H groups in total. The molecule has 2 aromatic carbocycles. The van der Waals surface area contributed by atoms with Gasteiger partial charge in [0.1, 0.15) is 17.7 Å². The monoisotopic (exact) mass is 590 g/mol. The molecule has 232 valence electrons. The number of nitrogens with one attached hydrogen (secondary N) is 3. The molecule has 2 fully saturated rings. The van der Waals surface area contributed by atoms with Crippen LogP contribution in [0.1, 0.15) is 58.1 Å². The second-order valence-corrected chi connectivity index (χ2v) is 12.8. The molecule has 1 aliphatic carbocycles. The number of ketones is 1. The summed E-state index contributed by atoms with van der Waals surface area (Å²) in [4.78, 5) is 53.8. The van der Waals surface area contributed by atoms with Crippen molar-refractivity contribution in [3.8, 4) is 0 Å². The molecule has 9 heteroatoms. The topological polar surface area (TPSA) is 143 Å². The maximum absolute atomic E-state index is 13.8. The van der Waals surface area contributed by atoms with Crippen molar-refractivity contribution >= 4 is 23.5 Å². The summed E-state index contributed by atoms with van der Waals surface area (Å²) in [5.74, 6) is -0.995. The van der Waals surface area contributed by atoms with Crippen LogP contribution in [0.2, 0.25) is 0 Å². The Labute approximate surface area is 254 Å². The Bertz CT molecular complexity index is 1260. The van der Waals surface area contributed by atoms with Crippen molar-refractivity contribution in [2.45, 2.75) is 89.6 Å². The van der Waals surface area contributed by atoms with Gasteiger partial charge in [-0.2, -0.15) is 0 Å². The number of carbonyl (C=O) groups excluding carboxylic acids is 4. The molecule has 3 amide bonds. The van der Waals surface area contributed by atoms with Gasteiger partial charge in [-0.1, -0.05) is 81.4 Å². The van der Waals surface area contributed by atoms with Crippen molar-refractivity contribution in [3.05, 3.63) is 71.8 Å². The normalized spacial score (nSPS) is 23.4. The van der Waals surface area contributed by atoms with E-state index in [1.807, 2.05) is 74.5 Å². The lowest BCUT2D eigenvalue weighted by Crippen LogP contribution is -2.58. The number of nitrogens with two attached hydrogens (primary N) is 1. The van der Waals surface area contributed by atoms with Crippen LogP contribution in [0.25, 0.3) is 0 Å². The van der Waals surface area contributed by atoms with Crippen LogP contribution in [0.4, 0.5) is 0 Å². The Morgan fingerprint density at radius 3 is 1.95 bits per heavy atom. The minimum absolute atomic E-state index is 0.0379. The van der Waals surface area contributed by atoms with Crippen LogP contribution in [0, 0.1) is 17.8 Å². The van der Waals surface area contributed by atoms with Crippen LogP contribution in [0.3, 0.4) is 0 Å². The smallest absolute Gasteiger partial charge is 0.243 e. The van der Waals surface area contributed by atoms with Gasteiger partial charge in [0.05, 0.1) is 18.7 Å². The first kappa shape index (κ1) is 32.4. The summed E-state index contributed by atoms with van der Waals surface area (Å²) in [5.41, 5.74) is 7.28. The molecule has 2 aromatic rings. The highest BCUT2D eigenvalue weighted by atomic mass is 16.6. The Morgan fingerprint density at radius 2 is 1.42 bits per heavy atom. The van der Waals surface area contributed by atoms with Crippen molar-refractivity contribution in [1.82, 2.24) is 16.0 Å². The Balaban J connectivity index is 1.46. The fourth-order valence-corrected chi connectivity index (χ4v) is 5.43. The van der Waals surface area contributed by atoms with E-state index in [-0.39, 0.29) is 24.0 Å². The predicted molar refractivity (Wildman–Crippen MR) is 165 cm³/mol. The van der Waals surface area contributed by atoms with Crippen molar-refractivity contribution < 1.29 is 23.9 Å². The van der Waals surface area contributed by atoms with Crippen LogP contribution in [0.5, 0.6) is 0 Å². The van der Waals surface area contributed by atoms with Crippen LogP contribution < -0.4 is 21.7 Å². The fraction of sp³-hybridized carbons (Fsp3) is 0.529. The second-order valence-electron chi connectivity index (χ2n) is 12.8. The summed E-state index contributed by atoms with van der Waals surface area (Å²) < 4.78 is 5.40. The van der Waals surface area contributed by atoms with E-state index >= 15 is 0 Å². The molecule has 0 spiro atoms. The summed E-state index contributed by atoms with van der Waals surface area (Å²) in [5, 5.41) is 8.69. The van der Waals surface area contributed by atoms with E-state index in [0.29, 0.717) is 31.8 Å². The summed E-state index contributed by atoms with van der Waals surface area (Å²) in [6, 6.07) is 15.9. The molecule has 1 heterocycles. The van der Waals surface area contributed by atoms with Gasteiger partial charge in [-0.3, -0.25) is 19.2 Å². The number of benzene rings is 2. The third-order valence-corrected chi connectivity index (χ3v) is 8.46. The Hall–Kier alpha value is -3.56. The van der Waals surface area contributed by atoms with E-state index in [9.17, 15) is 19.2 Å². The molecule has 0 aromatic heterocycles. The van der Waals surface area contributed by atoms with Gasteiger partial charge in [-0.15, -0.1) is 0 Å². The van der Waals surface area contributed by atoms with E-state index in [1.54, 1.807) is 6.92 Å². The first-order valence-corrected chi connectivity index (χ1v) is 15.4. The van der Waals surface area contributed by atoms with E-state index in [1.165, 1.54) is 0 Å². The van der Waals surface area contributed by atoms with Crippen LogP contribution in [-0.4, -0.2) is 59.9 Å². The SMILES string of the molecule is CC(C)CC(NC(=O)C(N)CCc1ccccc1)C(=O)NC(Cc1ccccc1)C(=O)NC(C(=O)C1(C)CO1)C1CC1C. The van der Waals surface area contributed by atoms with Crippen LogP contribution in [-0.2, 0) is 36.8 Å². The largest absolute Gasteiger partial charge is 0.361 e. The van der Waals surface area contributed by atoms with Crippen molar-refractivity contribution in [2.75, 3.05) is 6.61 Å². The van der Waals surface area contributed by atoms with Gasteiger partial charge in [0.25, 0.3) is 0 Å². The molecular weight excluding hydrogens is 544 g/mol. The zero-order chi connectivity index (χ0) is 31.1. The molecular formula is C34H46N4O5. The molecule has 0 radical (unpaired) electrons. The number of hydrogen-bond acceptors (Lipinski definition) is 6. The zero-order valence-corrected chi connectivity index (χ0v) is 25.7. The summed E-state index contributed by atoms with van der Waals surface area (Å²) in [7, 11) is 0. The summed E-state index contributed by atoms with van der Waals surface area (Å²) in [6.45, 7) is 8.06. The van der Waals surface area contributed by atoms with Gasteiger partial charge >= 0.3 is 0 Å². The molecule has 1 saturated heterocycles. The molecule has 4 rings (SSSR count). The number of Topliss-reactive ketones (excluding diaryl/α,β-unsaturated/α-hetero) is 1. The minimum atomic E-state index is -0.953. The zero-order valence-electron chi connectivity index (χ0n) is 25.7. The number of aryl methyl sites for hydroxylation is 1. The van der Waals surface area contributed by atoms with Gasteiger partial charge in [0.2, 0.25) is 17.7 Å². The quantitative estimate of drug-likeness (QED) is 0.222. The number of carbonyl (C=O) groups is 4. The van der Waals surface area contributed by atoms with Crippen molar-refractivity contribution in [3.63, 3.8) is 0 Å². The molecule has 7 atom stereocenters. The second kappa shape index (κ2) is 14.3. The molecule has 9 nitrogen and oxygen atoms in total. The highest BCUT2D eigenvalue weighted by Gasteiger charge is 2.55. The molecule has 0 bridgehead atoms. The fourth-order valence-electron chi connectivity index (χ4n) is 5.43. The number of ether oxygens (including phenoxy) is 1. The van der Waals surface area contributed by atoms with E-state index in [2.05, 4.69) is 22.9 Å². The third kappa shape index (κ3) is 9.21. The Kier molecular flexibility index (Phi) is 10.7. The molecule has 7 unspecified atom stereocenters. The summed E-state index contributed by atoms with van der Waals surface area (Å²) >= 11 is 0. The molecule has 2 aliphatic rings. The lowest BCUT2D eigenvalue weighted by atomic mass is 9.95. The summed E-state index contributed by atoms with van der Waals surface area (Å²) in [6.07, 6.45) is 2.52. The molecule has 1 saturated carbocycles. The number of epoxide rings is 1. The lowest BCUT2D eigenvalue weighted by Gasteiger charge is -2.27. The first-order valence-electron chi connectivity index (χ1n) is 15.4. The van der Waals surface area contributed by atoms with Gasteiger partial charge in [-0.25, -0.2) is 0 Å². The number of amides is 3. The van der Waals surface area contributed by atoms with Gasteiger partial charge in [0, 0.05) is 6.42 Å².